The second-order valence-electron chi connectivity index (χ2n) is 11.1. The summed E-state index contributed by atoms with van der Waals surface area (Å²) in [5, 5.41) is 2.80. The van der Waals surface area contributed by atoms with Crippen molar-refractivity contribution in [3.05, 3.63) is 12.7 Å². The quantitative estimate of drug-likeness (QED) is 0.151. The molecule has 0 amide bonds. The Morgan fingerprint density at radius 1 is 1.17 bits per heavy atom. The number of ether oxygens (including phenoxy) is 3. The first-order valence-corrected chi connectivity index (χ1v) is 16.3. The molecule has 3 rings (SSSR count). The van der Waals surface area contributed by atoms with Gasteiger partial charge in [-0.15, -0.1) is 0 Å². The number of hydrogen-bond acceptors (Lipinski definition) is 11. The average Bonchev–Trinajstić information content (AvgIpc) is 3.35. The van der Waals surface area contributed by atoms with Crippen LogP contribution < -0.4 is 10.8 Å². The average molecular weight is 597 g/mol. The van der Waals surface area contributed by atoms with Gasteiger partial charge in [0.05, 0.1) is 25.6 Å². The van der Waals surface area contributed by atoms with E-state index in [4.69, 9.17) is 24.5 Å². The third kappa shape index (κ3) is 10.3. The van der Waals surface area contributed by atoms with E-state index in [-0.39, 0.29) is 18.5 Å². The maximum Gasteiger partial charge on any atom is 0.332 e. The van der Waals surface area contributed by atoms with Crippen molar-refractivity contribution in [2.75, 3.05) is 25.3 Å². The van der Waals surface area contributed by atoms with E-state index in [9.17, 15) is 14.2 Å². The number of rotatable bonds is 17. The molecule has 1 unspecified atom stereocenters. The molecule has 14 heteroatoms. The standard InChI is InChI=1S/C27H45N6O7P/c1-5-6-7-11-14-37-26(35)27(3,4)32-41(36,39-16-22(34)40-21-12-9-8-10-13-21)19-38-20(2)15-33-18-31-23-24(28)29-17-30-25(23)33/h17-18,20-21H,5-16,19H2,1-4H3,(H,32,36)(H2,28,29,30)/t20-,41?/m1/s1. The normalized spacial score (nSPS) is 16.8. The smallest absolute Gasteiger partial charge is 0.332 e. The zero-order valence-electron chi connectivity index (χ0n) is 24.7. The van der Waals surface area contributed by atoms with Gasteiger partial charge in [0.15, 0.2) is 18.1 Å². The molecule has 2 atom stereocenters. The highest BCUT2D eigenvalue weighted by molar-refractivity contribution is 7.56. The summed E-state index contributed by atoms with van der Waals surface area (Å²) in [6.45, 7) is 7.05. The van der Waals surface area contributed by atoms with E-state index < -0.39 is 44.1 Å². The van der Waals surface area contributed by atoms with E-state index in [0.29, 0.717) is 17.7 Å². The van der Waals surface area contributed by atoms with E-state index in [1.165, 1.54) is 6.33 Å². The van der Waals surface area contributed by atoms with Crippen LogP contribution in [-0.4, -0.2) is 68.8 Å². The molecule has 13 nitrogen and oxygen atoms in total. The summed E-state index contributed by atoms with van der Waals surface area (Å²) >= 11 is 0. The zero-order chi connectivity index (χ0) is 29.9. The third-order valence-electron chi connectivity index (χ3n) is 6.84. The van der Waals surface area contributed by atoms with Crippen molar-refractivity contribution in [1.82, 2.24) is 24.6 Å². The Bertz CT molecular complexity index is 1180. The van der Waals surface area contributed by atoms with Gasteiger partial charge < -0.3 is 29.0 Å². The Labute approximate surface area is 241 Å². The van der Waals surface area contributed by atoms with Gasteiger partial charge in [0.2, 0.25) is 0 Å². The second kappa shape index (κ2) is 15.6. The first kappa shape index (κ1) is 32.9. The van der Waals surface area contributed by atoms with Gasteiger partial charge in [-0.25, -0.2) is 24.8 Å². The van der Waals surface area contributed by atoms with Crippen LogP contribution >= 0.6 is 7.52 Å². The fourth-order valence-electron chi connectivity index (χ4n) is 4.59. The predicted octanol–water partition coefficient (Wildman–Crippen LogP) is 4.35. The second-order valence-corrected chi connectivity index (χ2v) is 13.2. The van der Waals surface area contributed by atoms with E-state index in [1.54, 1.807) is 31.7 Å². The van der Waals surface area contributed by atoms with Crippen LogP contribution in [0.2, 0.25) is 0 Å². The minimum absolute atomic E-state index is 0.162. The molecule has 1 fully saturated rings. The van der Waals surface area contributed by atoms with E-state index in [2.05, 4.69) is 27.0 Å². The van der Waals surface area contributed by atoms with Gasteiger partial charge in [0, 0.05) is 0 Å². The molecule has 1 aliphatic carbocycles. The van der Waals surface area contributed by atoms with Crippen LogP contribution in [0.4, 0.5) is 5.82 Å². The molecule has 0 radical (unpaired) electrons. The number of nitrogens with two attached hydrogens (primary N) is 1. The van der Waals surface area contributed by atoms with Gasteiger partial charge in [0.1, 0.15) is 29.8 Å². The van der Waals surface area contributed by atoms with Gasteiger partial charge in [-0.3, -0.25) is 9.36 Å². The number of imidazole rings is 1. The molecule has 1 aliphatic rings. The zero-order valence-corrected chi connectivity index (χ0v) is 25.6. The summed E-state index contributed by atoms with van der Waals surface area (Å²) in [5.41, 5.74) is 5.52. The highest BCUT2D eigenvalue weighted by Crippen LogP contribution is 2.45. The number of carbonyl (C=O) groups excluding carboxylic acids is 2. The van der Waals surface area contributed by atoms with Crippen LogP contribution in [0, 0.1) is 0 Å². The highest BCUT2D eigenvalue weighted by atomic mass is 31.2. The number of esters is 2. The molecule has 2 heterocycles. The molecule has 0 bridgehead atoms. The topological polar surface area (TPSA) is 170 Å². The lowest BCUT2D eigenvalue weighted by atomic mass is 9.98. The summed E-state index contributed by atoms with van der Waals surface area (Å²) < 4.78 is 38.2. The summed E-state index contributed by atoms with van der Waals surface area (Å²) in [4.78, 5) is 37.8. The van der Waals surface area contributed by atoms with Gasteiger partial charge in [-0.05, 0) is 52.9 Å². The molecule has 2 aromatic heterocycles. The SMILES string of the molecule is CCCCCCOC(=O)C(C)(C)NP(=O)(CO[C@H](C)Cn1cnc2c(N)ncnc21)OCC(=O)OC1CCCCC1. The number of unbranched alkanes of at least 4 members (excludes halogenated alkanes) is 3. The first-order chi connectivity index (χ1) is 19.5. The minimum atomic E-state index is -3.90. The highest BCUT2D eigenvalue weighted by Gasteiger charge is 2.39. The van der Waals surface area contributed by atoms with Crippen LogP contribution in [0.1, 0.15) is 85.5 Å². The lowest BCUT2D eigenvalue weighted by Crippen LogP contribution is -2.47. The van der Waals surface area contributed by atoms with E-state index >= 15 is 0 Å². The minimum Gasteiger partial charge on any atom is -0.464 e. The molecule has 0 aliphatic heterocycles. The predicted molar refractivity (Wildman–Crippen MR) is 154 cm³/mol. The summed E-state index contributed by atoms with van der Waals surface area (Å²) in [5.74, 6) is -0.910. The largest absolute Gasteiger partial charge is 0.464 e. The Kier molecular flexibility index (Phi) is 12.5. The van der Waals surface area contributed by atoms with Crippen LogP contribution in [0.5, 0.6) is 0 Å². The Morgan fingerprint density at radius 2 is 1.93 bits per heavy atom. The number of hydrogen-bond donors (Lipinski definition) is 2. The monoisotopic (exact) mass is 596 g/mol. The lowest BCUT2D eigenvalue weighted by Gasteiger charge is -2.30. The molecule has 0 spiro atoms. The van der Waals surface area contributed by atoms with Crippen LogP contribution in [0.25, 0.3) is 11.2 Å². The van der Waals surface area contributed by atoms with Crippen molar-refractivity contribution in [2.45, 2.75) is 110 Å². The number of nitrogens with one attached hydrogen (secondary N) is 1. The van der Waals surface area contributed by atoms with E-state index in [1.807, 2.05) is 0 Å². The summed E-state index contributed by atoms with van der Waals surface area (Å²) in [6, 6.07) is 0. The van der Waals surface area contributed by atoms with Gasteiger partial charge in [-0.2, -0.15) is 0 Å². The maximum atomic E-state index is 14.0. The molecule has 1 saturated carbocycles. The van der Waals surface area contributed by atoms with Gasteiger partial charge in [0.25, 0.3) is 7.52 Å². The molecule has 0 aromatic carbocycles. The number of nitrogens with zero attached hydrogens (tertiary/aromatic N) is 4. The Balaban J connectivity index is 1.63. The Morgan fingerprint density at radius 3 is 2.66 bits per heavy atom. The van der Waals surface area contributed by atoms with Crippen molar-refractivity contribution >= 4 is 36.4 Å². The molecular weight excluding hydrogens is 551 g/mol. The lowest BCUT2D eigenvalue weighted by molar-refractivity contribution is -0.153. The molecular formula is C27H45N6O7P. The van der Waals surface area contributed by atoms with Crippen LogP contribution in [-0.2, 0) is 39.4 Å². The molecule has 230 valence electrons. The van der Waals surface area contributed by atoms with Crippen molar-refractivity contribution in [3.8, 4) is 0 Å². The van der Waals surface area contributed by atoms with Crippen molar-refractivity contribution in [2.24, 2.45) is 0 Å². The van der Waals surface area contributed by atoms with Crippen LogP contribution in [0.3, 0.4) is 0 Å². The fourth-order valence-corrected chi connectivity index (χ4v) is 6.51. The van der Waals surface area contributed by atoms with Crippen molar-refractivity contribution < 1.29 is 32.9 Å². The van der Waals surface area contributed by atoms with Crippen molar-refractivity contribution in [1.29, 1.82) is 0 Å². The third-order valence-corrected chi connectivity index (χ3v) is 8.78. The number of anilines is 1. The summed E-state index contributed by atoms with van der Waals surface area (Å²) in [7, 11) is -3.90. The molecule has 41 heavy (non-hydrogen) atoms. The first-order valence-electron chi connectivity index (χ1n) is 14.5. The van der Waals surface area contributed by atoms with Crippen molar-refractivity contribution in [3.63, 3.8) is 0 Å². The van der Waals surface area contributed by atoms with Gasteiger partial charge >= 0.3 is 11.9 Å². The maximum absolute atomic E-state index is 14.0. The summed E-state index contributed by atoms with van der Waals surface area (Å²) in [6.07, 6.45) is 10.5. The molecule has 0 saturated heterocycles. The number of carbonyl (C=O) groups is 2. The van der Waals surface area contributed by atoms with Gasteiger partial charge in [-0.1, -0.05) is 32.6 Å². The fraction of sp³-hybridized carbons (Fsp3) is 0.741. The number of fused-ring (bicyclic) bond motifs is 1. The van der Waals surface area contributed by atoms with E-state index in [0.717, 1.165) is 57.8 Å². The molecule has 2 aromatic rings. The number of nitrogen functional groups attached to an aromatic ring is 1. The number of aromatic nitrogens is 4. The van der Waals surface area contributed by atoms with Crippen LogP contribution in [0.15, 0.2) is 12.7 Å². The Hall–Kier alpha value is -2.60. The molecule has 3 N–H and O–H groups in total.